The van der Waals surface area contributed by atoms with Crippen LogP contribution >= 0.6 is 24.4 Å². The van der Waals surface area contributed by atoms with Crippen molar-refractivity contribution in [2.24, 2.45) is 0 Å². The van der Waals surface area contributed by atoms with Crippen molar-refractivity contribution in [2.45, 2.75) is 33.2 Å². The van der Waals surface area contributed by atoms with E-state index in [1.807, 2.05) is 29.8 Å². The molecule has 0 spiro atoms. The number of aromatic nitrogens is 2. The summed E-state index contributed by atoms with van der Waals surface area (Å²) in [6.45, 7) is 5.01. The highest BCUT2D eigenvalue weighted by molar-refractivity contribution is 7.72. The van der Waals surface area contributed by atoms with Crippen LogP contribution in [0.5, 0.6) is 0 Å². The number of fused-ring (bicyclic) bond motifs is 3. The highest BCUT2D eigenvalue weighted by Crippen LogP contribution is 2.27. The zero-order valence-corrected chi connectivity index (χ0v) is 13.2. The Labute approximate surface area is 127 Å². The normalized spacial score (nSPS) is 11.5. The first kappa shape index (κ1) is 13.5. The number of pyridine rings is 1. The molecule has 0 saturated carbocycles. The van der Waals surface area contributed by atoms with Crippen LogP contribution in [0.2, 0.25) is 0 Å². The second kappa shape index (κ2) is 5.14. The molecule has 0 N–H and O–H groups in total. The lowest BCUT2D eigenvalue weighted by molar-refractivity contribution is 0.477. The van der Waals surface area contributed by atoms with Crippen LogP contribution in [0.15, 0.2) is 28.8 Å². The summed E-state index contributed by atoms with van der Waals surface area (Å²) in [4.78, 5) is 0.468. The molecule has 0 aliphatic rings. The number of unbranched alkanes of at least 4 members (excludes halogenated alkanes) is 1. The fraction of sp³-hybridized carbons (Fsp3) is 0.333. The maximum atomic E-state index is 5.88. The molecule has 3 rings (SSSR count). The molecule has 0 atom stereocenters. The Morgan fingerprint density at radius 1 is 1.25 bits per heavy atom. The van der Waals surface area contributed by atoms with Gasteiger partial charge in [0.1, 0.15) is 10.2 Å². The fourth-order valence-corrected chi connectivity index (χ4v) is 3.22. The number of rotatable bonds is 3. The molecular formula is C15H16N2OS2. The third kappa shape index (κ3) is 1.93. The molecule has 3 heterocycles. The Kier molecular flexibility index (Phi) is 3.48. The van der Waals surface area contributed by atoms with Crippen molar-refractivity contribution in [3.8, 4) is 0 Å². The van der Waals surface area contributed by atoms with Gasteiger partial charge in [-0.2, -0.15) is 0 Å². The third-order valence-corrected chi connectivity index (χ3v) is 4.35. The van der Waals surface area contributed by atoms with Crippen LogP contribution in [0.1, 0.15) is 25.3 Å². The van der Waals surface area contributed by atoms with Gasteiger partial charge in [0.25, 0.3) is 4.84 Å². The average molecular weight is 304 g/mol. The lowest BCUT2D eigenvalue weighted by atomic mass is 10.3. The monoisotopic (exact) mass is 304 g/mol. The summed E-state index contributed by atoms with van der Waals surface area (Å²) < 4.78 is 10.7. The second-order valence-corrected chi connectivity index (χ2v) is 5.67. The molecule has 0 fully saturated rings. The fourth-order valence-electron chi connectivity index (χ4n) is 2.53. The van der Waals surface area contributed by atoms with Crippen LogP contribution in [0, 0.1) is 16.4 Å². The van der Waals surface area contributed by atoms with Gasteiger partial charge in [-0.3, -0.25) is 4.57 Å². The highest BCUT2D eigenvalue weighted by Gasteiger charge is 2.14. The van der Waals surface area contributed by atoms with E-state index in [0.29, 0.717) is 4.84 Å². The minimum absolute atomic E-state index is 0.468. The quantitative estimate of drug-likeness (QED) is 0.632. The molecule has 20 heavy (non-hydrogen) atoms. The number of nitrogens with zero attached hydrogens (tertiary/aromatic N) is 2. The zero-order valence-electron chi connectivity index (χ0n) is 11.5. The van der Waals surface area contributed by atoms with E-state index in [1.54, 1.807) is 0 Å². The van der Waals surface area contributed by atoms with Gasteiger partial charge in [0.2, 0.25) is 0 Å². The van der Waals surface area contributed by atoms with E-state index in [2.05, 4.69) is 17.4 Å². The SMILES string of the molecule is CCCCn1c(=S)oc2c(C)c3ccccn3c2c1=S. The minimum atomic E-state index is 0.468. The summed E-state index contributed by atoms with van der Waals surface area (Å²) in [5.41, 5.74) is 3.94. The van der Waals surface area contributed by atoms with Crippen LogP contribution in [0.25, 0.3) is 16.6 Å². The molecule has 0 aliphatic carbocycles. The van der Waals surface area contributed by atoms with Crippen molar-refractivity contribution < 1.29 is 4.42 Å². The molecule has 0 saturated heterocycles. The number of hydrogen-bond acceptors (Lipinski definition) is 3. The van der Waals surface area contributed by atoms with Gasteiger partial charge in [0.15, 0.2) is 5.58 Å². The largest absolute Gasteiger partial charge is 0.429 e. The highest BCUT2D eigenvalue weighted by atomic mass is 32.1. The van der Waals surface area contributed by atoms with Crippen molar-refractivity contribution in [1.82, 2.24) is 8.97 Å². The lowest BCUT2D eigenvalue weighted by Crippen LogP contribution is -2.03. The van der Waals surface area contributed by atoms with Gasteiger partial charge in [-0.1, -0.05) is 31.6 Å². The average Bonchev–Trinajstić information content (AvgIpc) is 2.73. The molecule has 104 valence electrons. The first-order valence-electron chi connectivity index (χ1n) is 6.78. The Bertz CT molecular complexity index is 902. The van der Waals surface area contributed by atoms with Gasteiger partial charge in [-0.15, -0.1) is 0 Å². The van der Waals surface area contributed by atoms with Crippen LogP contribution in [0.4, 0.5) is 0 Å². The van der Waals surface area contributed by atoms with E-state index in [4.69, 9.17) is 28.9 Å². The first-order valence-corrected chi connectivity index (χ1v) is 7.60. The first-order chi connectivity index (χ1) is 9.65. The van der Waals surface area contributed by atoms with Gasteiger partial charge in [0.05, 0.1) is 5.52 Å². The van der Waals surface area contributed by atoms with Crippen LogP contribution in [-0.2, 0) is 6.54 Å². The van der Waals surface area contributed by atoms with Crippen LogP contribution < -0.4 is 0 Å². The van der Waals surface area contributed by atoms with E-state index in [9.17, 15) is 0 Å². The second-order valence-electron chi connectivity index (χ2n) is 4.94. The smallest absolute Gasteiger partial charge is 0.270 e. The van der Waals surface area contributed by atoms with Gasteiger partial charge in [0, 0.05) is 18.3 Å². The van der Waals surface area contributed by atoms with Crippen molar-refractivity contribution in [1.29, 1.82) is 0 Å². The molecule has 0 aromatic carbocycles. The van der Waals surface area contributed by atoms with E-state index in [-0.39, 0.29) is 0 Å². The molecule has 3 nitrogen and oxygen atoms in total. The van der Waals surface area contributed by atoms with Gasteiger partial charge in [-0.05, 0) is 37.7 Å². The van der Waals surface area contributed by atoms with Crippen LogP contribution in [-0.4, -0.2) is 8.97 Å². The lowest BCUT2D eigenvalue weighted by Gasteiger charge is -2.06. The van der Waals surface area contributed by atoms with Crippen LogP contribution in [0.3, 0.4) is 0 Å². The van der Waals surface area contributed by atoms with E-state index < -0.39 is 0 Å². The maximum Gasteiger partial charge on any atom is 0.270 e. The minimum Gasteiger partial charge on any atom is -0.429 e. The summed E-state index contributed by atoms with van der Waals surface area (Å²) in [6, 6.07) is 6.09. The third-order valence-electron chi connectivity index (χ3n) is 3.63. The van der Waals surface area contributed by atoms with Crippen molar-refractivity contribution >= 4 is 41.1 Å². The topological polar surface area (TPSA) is 22.5 Å². The molecule has 5 heteroatoms. The van der Waals surface area contributed by atoms with Crippen molar-refractivity contribution in [3.05, 3.63) is 39.4 Å². The van der Waals surface area contributed by atoms with E-state index in [0.717, 1.165) is 46.2 Å². The molecule has 3 aromatic heterocycles. The predicted octanol–water partition coefficient (Wildman–Crippen LogP) is 5.05. The molecule has 0 radical (unpaired) electrons. The summed E-state index contributed by atoms with van der Waals surface area (Å²) in [5.74, 6) is 0. The van der Waals surface area contributed by atoms with Gasteiger partial charge in [-0.25, -0.2) is 0 Å². The zero-order chi connectivity index (χ0) is 14.3. The van der Waals surface area contributed by atoms with E-state index in [1.165, 1.54) is 0 Å². The molecule has 3 aromatic rings. The Morgan fingerprint density at radius 2 is 2.05 bits per heavy atom. The van der Waals surface area contributed by atoms with E-state index >= 15 is 0 Å². The molecule has 0 bridgehead atoms. The Hall–Kier alpha value is -1.46. The Balaban J connectivity index is 2.45. The summed E-state index contributed by atoms with van der Waals surface area (Å²) in [5, 5.41) is 0. The summed E-state index contributed by atoms with van der Waals surface area (Å²) in [6.07, 6.45) is 4.16. The van der Waals surface area contributed by atoms with Crippen molar-refractivity contribution in [2.75, 3.05) is 0 Å². The number of hydrogen-bond donors (Lipinski definition) is 0. The molecule has 0 amide bonds. The predicted molar refractivity (Wildman–Crippen MR) is 86.5 cm³/mol. The molecule has 0 aliphatic heterocycles. The summed E-state index contributed by atoms with van der Waals surface area (Å²) in [7, 11) is 0. The van der Waals surface area contributed by atoms with Gasteiger partial charge >= 0.3 is 0 Å². The standard InChI is InChI=1S/C15H16N2OS2/c1-3-4-8-17-14(19)12-13(18-15(17)20)10(2)11-7-5-6-9-16(11)12/h5-7,9H,3-4,8H2,1-2H3. The van der Waals surface area contributed by atoms with Gasteiger partial charge < -0.3 is 8.82 Å². The summed E-state index contributed by atoms with van der Waals surface area (Å²) >= 11 is 11.0. The van der Waals surface area contributed by atoms with Crippen molar-refractivity contribution in [3.63, 3.8) is 0 Å². The molecule has 0 unspecified atom stereocenters. The number of aryl methyl sites for hydroxylation is 1. The molecular weight excluding hydrogens is 288 g/mol. The maximum absolute atomic E-state index is 5.88. The Morgan fingerprint density at radius 3 is 2.80 bits per heavy atom.